The van der Waals surface area contributed by atoms with Gasteiger partial charge in [0.15, 0.2) is 0 Å². The number of nitrogens with one attached hydrogen (secondary N) is 3. The Labute approximate surface area is 215 Å². The molecule has 2 aliphatic heterocycles. The van der Waals surface area contributed by atoms with E-state index < -0.39 is 24.0 Å². The molecule has 0 unspecified atom stereocenters. The van der Waals surface area contributed by atoms with E-state index in [9.17, 15) is 23.9 Å². The van der Waals surface area contributed by atoms with Crippen LogP contribution in [0.3, 0.4) is 0 Å². The van der Waals surface area contributed by atoms with Gasteiger partial charge in [-0.1, -0.05) is 30.3 Å². The first-order chi connectivity index (χ1) is 17.8. The highest BCUT2D eigenvalue weighted by Gasteiger charge is 2.38. The van der Waals surface area contributed by atoms with Crippen molar-refractivity contribution in [3.05, 3.63) is 65.5 Å². The maximum absolute atomic E-state index is 14.4. The number of halogens is 1. The Kier molecular flexibility index (Phi) is 8.73. The molecule has 0 aromatic heterocycles. The lowest BCUT2D eigenvalue weighted by molar-refractivity contribution is -0.141. The topological polar surface area (TPSA) is 120 Å². The highest BCUT2D eigenvalue weighted by Crippen LogP contribution is 2.21. The number of carbonyl (C=O) groups excluding carboxylic acids is 3. The number of aliphatic hydroxyl groups excluding tert-OH is 1. The first kappa shape index (κ1) is 26.6. The fourth-order valence-electron chi connectivity index (χ4n) is 4.80. The molecule has 0 saturated carbocycles. The zero-order valence-corrected chi connectivity index (χ0v) is 20.8. The van der Waals surface area contributed by atoms with E-state index in [1.54, 1.807) is 11.0 Å². The summed E-state index contributed by atoms with van der Waals surface area (Å²) in [5.74, 6) is -0.917. The molecule has 2 aromatic carbocycles. The molecule has 3 amide bonds. The van der Waals surface area contributed by atoms with Crippen LogP contribution in [0.1, 0.15) is 30.9 Å². The van der Waals surface area contributed by atoms with Crippen molar-refractivity contribution < 1.29 is 28.6 Å². The number of hydrogen-bond donors (Lipinski definition) is 4. The van der Waals surface area contributed by atoms with Gasteiger partial charge in [-0.15, -0.1) is 0 Å². The van der Waals surface area contributed by atoms with Gasteiger partial charge in [0.05, 0.1) is 18.2 Å². The fraction of sp³-hybridized carbons (Fsp3) is 0.444. The molecule has 0 bridgehead atoms. The molecule has 10 heteroatoms. The van der Waals surface area contributed by atoms with E-state index in [4.69, 9.17) is 4.74 Å². The molecule has 4 N–H and O–H groups in total. The second kappa shape index (κ2) is 12.2. The quantitative estimate of drug-likeness (QED) is 0.376. The number of piperazine rings is 1. The lowest BCUT2D eigenvalue weighted by atomic mass is 9.94. The highest BCUT2D eigenvalue weighted by molar-refractivity contribution is 5.83. The minimum absolute atomic E-state index is 0.0335. The number of carbonyl (C=O) groups is 3. The lowest BCUT2D eigenvalue weighted by Gasteiger charge is -2.38. The van der Waals surface area contributed by atoms with Gasteiger partial charge in [-0.3, -0.25) is 14.4 Å². The van der Waals surface area contributed by atoms with Crippen LogP contribution in [0.15, 0.2) is 48.5 Å². The van der Waals surface area contributed by atoms with Crippen molar-refractivity contribution in [2.45, 2.75) is 57.0 Å². The molecule has 198 valence electrons. The summed E-state index contributed by atoms with van der Waals surface area (Å²) in [4.78, 5) is 38.3. The summed E-state index contributed by atoms with van der Waals surface area (Å²) in [6.45, 7) is 2.94. The van der Waals surface area contributed by atoms with Gasteiger partial charge in [0.2, 0.25) is 17.7 Å². The van der Waals surface area contributed by atoms with E-state index in [1.807, 2.05) is 30.3 Å². The van der Waals surface area contributed by atoms with Crippen LogP contribution in [0.4, 0.5) is 4.39 Å². The van der Waals surface area contributed by atoms with Gasteiger partial charge in [-0.2, -0.15) is 0 Å². The maximum Gasteiger partial charge on any atom is 0.242 e. The van der Waals surface area contributed by atoms with E-state index >= 15 is 0 Å². The summed E-state index contributed by atoms with van der Waals surface area (Å²) < 4.78 is 20.1. The van der Waals surface area contributed by atoms with E-state index in [0.29, 0.717) is 38.0 Å². The van der Waals surface area contributed by atoms with Crippen LogP contribution in [0.25, 0.3) is 0 Å². The average Bonchev–Trinajstić information content (AvgIpc) is 3.28. The Balaban J connectivity index is 1.45. The molecule has 2 aromatic rings. The van der Waals surface area contributed by atoms with Gasteiger partial charge in [-0.25, -0.2) is 4.39 Å². The maximum atomic E-state index is 14.4. The van der Waals surface area contributed by atoms with Gasteiger partial charge in [0, 0.05) is 39.0 Å². The van der Waals surface area contributed by atoms with Crippen molar-refractivity contribution in [3.63, 3.8) is 0 Å². The zero-order valence-electron chi connectivity index (χ0n) is 20.8. The third-order valence-corrected chi connectivity index (χ3v) is 6.61. The minimum atomic E-state index is -1.25. The normalized spacial score (nSPS) is 21.3. The number of rotatable bonds is 10. The third kappa shape index (κ3) is 7.27. The Morgan fingerprint density at radius 1 is 1.22 bits per heavy atom. The van der Waals surface area contributed by atoms with E-state index in [2.05, 4.69) is 16.0 Å². The van der Waals surface area contributed by atoms with Crippen molar-refractivity contribution in [1.82, 2.24) is 20.9 Å². The first-order valence-electron chi connectivity index (χ1n) is 12.5. The molecule has 2 heterocycles. The summed E-state index contributed by atoms with van der Waals surface area (Å²) >= 11 is 0. The number of ether oxygens (including phenoxy) is 1. The van der Waals surface area contributed by atoms with Crippen LogP contribution in [0.2, 0.25) is 0 Å². The molecular formula is C27H33FN4O5. The van der Waals surface area contributed by atoms with Crippen LogP contribution in [0.5, 0.6) is 5.75 Å². The van der Waals surface area contributed by atoms with Gasteiger partial charge in [0.1, 0.15) is 24.2 Å². The molecule has 2 saturated heterocycles. The van der Waals surface area contributed by atoms with Crippen LogP contribution >= 0.6 is 0 Å². The fourth-order valence-corrected chi connectivity index (χ4v) is 4.80. The first-order valence-corrected chi connectivity index (χ1v) is 12.5. The van der Waals surface area contributed by atoms with E-state index in [0.717, 1.165) is 5.56 Å². The summed E-state index contributed by atoms with van der Waals surface area (Å²) in [7, 11) is 0. The van der Waals surface area contributed by atoms with Crippen molar-refractivity contribution in [2.75, 3.05) is 19.7 Å². The Bertz CT molecular complexity index is 1120. The summed E-state index contributed by atoms with van der Waals surface area (Å²) in [5, 5.41) is 19.8. The lowest BCUT2D eigenvalue weighted by Crippen LogP contribution is -2.63. The molecular weight excluding hydrogens is 479 g/mol. The van der Waals surface area contributed by atoms with Crippen molar-refractivity contribution >= 4 is 17.7 Å². The van der Waals surface area contributed by atoms with Gasteiger partial charge in [0.25, 0.3) is 0 Å². The molecule has 0 aliphatic carbocycles. The standard InChI is InChI=1S/C27H33FN4O5/c1-17(33)30-23(13-19-11-20(28)14-22(12-19)37-16-21-7-8-24(34)31-21)26(35)25-27(36)32(10-9-29-25)15-18-5-3-2-4-6-18/h2-6,11-12,14,21,23,25-26,29,35H,7-10,13,15-16H2,1H3,(H,30,33)(H,31,34)/t21-,23-,25-,26-/m0/s1. The number of amides is 3. The molecule has 2 aliphatic rings. The van der Waals surface area contributed by atoms with E-state index in [1.165, 1.54) is 19.1 Å². The Morgan fingerprint density at radius 2 is 2.00 bits per heavy atom. The molecule has 2 fully saturated rings. The van der Waals surface area contributed by atoms with Gasteiger partial charge < -0.3 is 30.7 Å². The Hall–Kier alpha value is -3.50. The van der Waals surface area contributed by atoms with Crippen molar-refractivity contribution in [2.24, 2.45) is 0 Å². The Morgan fingerprint density at radius 3 is 2.70 bits per heavy atom. The number of hydrogen-bond acceptors (Lipinski definition) is 6. The molecule has 4 rings (SSSR count). The van der Waals surface area contributed by atoms with Crippen LogP contribution in [-0.4, -0.2) is 71.7 Å². The van der Waals surface area contributed by atoms with Crippen molar-refractivity contribution in [3.8, 4) is 5.75 Å². The van der Waals surface area contributed by atoms with Crippen LogP contribution in [-0.2, 0) is 27.3 Å². The number of benzene rings is 2. The summed E-state index contributed by atoms with van der Waals surface area (Å²) in [5.41, 5.74) is 1.47. The molecule has 0 spiro atoms. The van der Waals surface area contributed by atoms with E-state index in [-0.39, 0.29) is 42.5 Å². The smallest absolute Gasteiger partial charge is 0.242 e. The van der Waals surface area contributed by atoms with Crippen LogP contribution < -0.4 is 20.7 Å². The largest absolute Gasteiger partial charge is 0.491 e. The van der Waals surface area contributed by atoms with Crippen molar-refractivity contribution in [1.29, 1.82) is 0 Å². The summed E-state index contributed by atoms with van der Waals surface area (Å²) in [6, 6.07) is 11.9. The molecule has 4 atom stereocenters. The number of aliphatic hydroxyl groups is 1. The third-order valence-electron chi connectivity index (χ3n) is 6.61. The second-order valence-corrected chi connectivity index (χ2v) is 9.59. The predicted molar refractivity (Wildman–Crippen MR) is 134 cm³/mol. The highest BCUT2D eigenvalue weighted by atomic mass is 19.1. The predicted octanol–water partition coefficient (Wildman–Crippen LogP) is 0.892. The van der Waals surface area contributed by atoms with Gasteiger partial charge >= 0.3 is 0 Å². The summed E-state index contributed by atoms with van der Waals surface area (Å²) in [6.07, 6.45) is -0.0767. The van der Waals surface area contributed by atoms with Crippen LogP contribution in [0, 0.1) is 5.82 Å². The monoisotopic (exact) mass is 512 g/mol. The average molecular weight is 513 g/mol. The number of nitrogens with zero attached hydrogens (tertiary/aromatic N) is 1. The zero-order chi connectivity index (χ0) is 26.4. The SMILES string of the molecule is CC(=O)N[C@@H](Cc1cc(F)cc(OC[C@@H]2CCC(=O)N2)c1)[C@H](O)[C@@H]1NCCN(Cc2ccccc2)C1=O. The minimum Gasteiger partial charge on any atom is -0.491 e. The van der Waals surface area contributed by atoms with Gasteiger partial charge in [-0.05, 0) is 36.1 Å². The molecule has 9 nitrogen and oxygen atoms in total. The molecule has 0 radical (unpaired) electrons. The second-order valence-electron chi connectivity index (χ2n) is 9.59. The molecule has 37 heavy (non-hydrogen) atoms.